The molecular formula is C25H21ClN6O2S. The fourth-order valence-electron chi connectivity index (χ4n) is 4.59. The van der Waals surface area contributed by atoms with Crippen LogP contribution in [-0.2, 0) is 19.5 Å². The lowest BCUT2D eigenvalue weighted by molar-refractivity contribution is 0.207. The van der Waals surface area contributed by atoms with Gasteiger partial charge < -0.3 is 15.3 Å². The Bertz CT molecular complexity index is 1490. The van der Waals surface area contributed by atoms with Gasteiger partial charge in [0, 0.05) is 33.3 Å². The van der Waals surface area contributed by atoms with Crippen molar-refractivity contribution in [3.8, 4) is 10.8 Å². The van der Waals surface area contributed by atoms with Crippen molar-refractivity contribution < 1.29 is 9.90 Å². The molecule has 2 amide bonds. The van der Waals surface area contributed by atoms with Gasteiger partial charge in [-0.25, -0.2) is 4.79 Å². The Morgan fingerprint density at radius 2 is 1.94 bits per heavy atom. The molecule has 8 nitrogen and oxygen atoms in total. The molecule has 2 aliphatic heterocycles. The molecule has 0 atom stereocenters. The lowest BCUT2D eigenvalue weighted by Crippen LogP contribution is -2.38. The molecule has 2 aromatic heterocycles. The second-order valence-electron chi connectivity index (χ2n) is 8.48. The van der Waals surface area contributed by atoms with E-state index in [-0.39, 0.29) is 11.8 Å². The summed E-state index contributed by atoms with van der Waals surface area (Å²) in [7, 11) is 0. The number of thiophene rings is 1. The van der Waals surface area contributed by atoms with Crippen LogP contribution in [0.2, 0.25) is 5.02 Å². The van der Waals surface area contributed by atoms with E-state index in [0.29, 0.717) is 36.8 Å². The van der Waals surface area contributed by atoms with Gasteiger partial charge in [0.25, 0.3) is 0 Å². The number of hydrogen-bond donors (Lipinski definition) is 2. The van der Waals surface area contributed by atoms with Crippen LogP contribution < -0.4 is 5.32 Å². The number of aryl methyl sites for hydroxylation is 1. The van der Waals surface area contributed by atoms with Crippen LogP contribution in [0.25, 0.3) is 5.00 Å². The number of urea groups is 1. The Labute approximate surface area is 210 Å². The van der Waals surface area contributed by atoms with E-state index >= 15 is 0 Å². The number of carbonyl (C=O) groups is 1. The zero-order valence-corrected chi connectivity index (χ0v) is 20.4. The molecule has 35 heavy (non-hydrogen) atoms. The number of aromatic hydroxyl groups is 1. The molecule has 4 aromatic rings. The summed E-state index contributed by atoms with van der Waals surface area (Å²) in [6.07, 6.45) is 0.699. The first-order chi connectivity index (χ1) is 17.0. The molecular weight excluding hydrogens is 484 g/mol. The second-order valence-corrected chi connectivity index (χ2v) is 9.97. The van der Waals surface area contributed by atoms with Gasteiger partial charge in [-0.1, -0.05) is 29.8 Å². The van der Waals surface area contributed by atoms with Crippen LogP contribution in [0.4, 0.5) is 10.5 Å². The van der Waals surface area contributed by atoms with Crippen molar-refractivity contribution in [2.24, 2.45) is 4.99 Å². The summed E-state index contributed by atoms with van der Waals surface area (Å²) in [5.74, 6) is 1.74. The smallest absolute Gasteiger partial charge is 0.322 e. The number of halogens is 1. The van der Waals surface area contributed by atoms with Crippen molar-refractivity contribution in [3.05, 3.63) is 86.8 Å². The van der Waals surface area contributed by atoms with Crippen molar-refractivity contribution in [3.63, 3.8) is 0 Å². The third kappa shape index (κ3) is 3.77. The van der Waals surface area contributed by atoms with Crippen LogP contribution in [0.1, 0.15) is 33.2 Å². The maximum absolute atomic E-state index is 13.0. The van der Waals surface area contributed by atoms with Crippen molar-refractivity contribution in [2.75, 3.05) is 11.9 Å². The maximum Gasteiger partial charge on any atom is 0.322 e. The molecule has 4 heterocycles. The molecule has 0 saturated heterocycles. The van der Waals surface area contributed by atoms with Crippen molar-refractivity contribution >= 4 is 40.4 Å². The third-order valence-electron chi connectivity index (χ3n) is 6.28. The van der Waals surface area contributed by atoms with Crippen LogP contribution in [-0.4, -0.2) is 43.1 Å². The molecule has 2 aromatic carbocycles. The number of hydrogen-bond acceptors (Lipinski definition) is 6. The lowest BCUT2D eigenvalue weighted by atomic mass is 9.95. The standard InChI is InChI=1S/C25H21ClN6O2S/c1-14-29-30-21-12-27-23(17-4-2-3-5-19(17)26)22-18-10-11-31(13-20(18)35-24(22)32(14)21)25(34)28-15-6-8-16(33)9-7-15/h2-9,33H,10-13H2,1H3,(H,28,34). The Hall–Kier alpha value is -3.69. The summed E-state index contributed by atoms with van der Waals surface area (Å²) in [6, 6.07) is 14.0. The van der Waals surface area contributed by atoms with Crippen LogP contribution in [0.15, 0.2) is 53.5 Å². The highest BCUT2D eigenvalue weighted by Gasteiger charge is 2.33. The van der Waals surface area contributed by atoms with E-state index in [9.17, 15) is 9.90 Å². The van der Waals surface area contributed by atoms with Crippen molar-refractivity contribution in [1.82, 2.24) is 19.7 Å². The fraction of sp³-hybridized carbons (Fsp3) is 0.200. The zero-order valence-electron chi connectivity index (χ0n) is 18.8. The molecule has 0 spiro atoms. The Kier molecular flexibility index (Phi) is 5.31. The van der Waals surface area contributed by atoms with E-state index in [1.54, 1.807) is 40.5 Å². The predicted octanol–water partition coefficient (Wildman–Crippen LogP) is 4.94. The molecule has 0 aliphatic carbocycles. The van der Waals surface area contributed by atoms with E-state index in [0.717, 1.165) is 38.4 Å². The van der Waals surface area contributed by atoms with Gasteiger partial charge >= 0.3 is 6.03 Å². The van der Waals surface area contributed by atoms with Crippen molar-refractivity contribution in [1.29, 1.82) is 0 Å². The monoisotopic (exact) mass is 504 g/mol. The highest BCUT2D eigenvalue weighted by molar-refractivity contribution is 7.15. The molecule has 2 aliphatic rings. The highest BCUT2D eigenvalue weighted by atomic mass is 35.5. The number of nitrogens with one attached hydrogen (secondary N) is 1. The molecule has 10 heteroatoms. The molecule has 0 bridgehead atoms. The zero-order chi connectivity index (χ0) is 24.1. The van der Waals surface area contributed by atoms with E-state index in [2.05, 4.69) is 20.1 Å². The number of nitrogens with zero attached hydrogens (tertiary/aromatic N) is 5. The van der Waals surface area contributed by atoms with Crippen LogP contribution in [0.3, 0.4) is 0 Å². The van der Waals surface area contributed by atoms with E-state index < -0.39 is 0 Å². The van der Waals surface area contributed by atoms with Gasteiger partial charge in [0.1, 0.15) is 23.1 Å². The van der Waals surface area contributed by atoms with Gasteiger partial charge in [-0.2, -0.15) is 0 Å². The van der Waals surface area contributed by atoms with Crippen LogP contribution >= 0.6 is 22.9 Å². The number of aliphatic imine (C=N–C) groups is 1. The predicted molar refractivity (Wildman–Crippen MR) is 136 cm³/mol. The number of rotatable bonds is 2. The van der Waals surface area contributed by atoms with Gasteiger partial charge in [-0.15, -0.1) is 21.5 Å². The van der Waals surface area contributed by atoms with E-state index in [1.807, 2.05) is 31.2 Å². The second kappa shape index (κ2) is 8.51. The SMILES string of the molecule is Cc1nnc2n1-c1sc3c(c1C(c1ccccc1Cl)=NC2)CCN(C(=O)Nc1ccc(O)cc1)C3. The maximum atomic E-state index is 13.0. The molecule has 0 saturated carbocycles. The number of fused-ring (bicyclic) bond motifs is 5. The normalized spacial score (nSPS) is 14.5. The number of anilines is 1. The molecule has 0 fully saturated rings. The average Bonchev–Trinajstić information content (AvgIpc) is 3.36. The van der Waals surface area contributed by atoms with Gasteiger partial charge in [0.05, 0.1) is 12.3 Å². The van der Waals surface area contributed by atoms with Gasteiger partial charge in [-0.05, 0) is 49.2 Å². The molecule has 2 N–H and O–H groups in total. The lowest BCUT2D eigenvalue weighted by Gasteiger charge is -2.27. The number of phenolic OH excluding ortho intramolecular Hbond substituents is 1. The number of aromatic nitrogens is 3. The summed E-state index contributed by atoms with van der Waals surface area (Å²) >= 11 is 8.26. The summed E-state index contributed by atoms with van der Waals surface area (Å²) in [5.41, 5.74) is 4.63. The minimum absolute atomic E-state index is 0.158. The largest absolute Gasteiger partial charge is 0.508 e. The van der Waals surface area contributed by atoms with Gasteiger partial charge in [0.15, 0.2) is 5.82 Å². The first-order valence-electron chi connectivity index (χ1n) is 11.2. The summed E-state index contributed by atoms with van der Waals surface area (Å²) in [4.78, 5) is 20.9. The Morgan fingerprint density at radius 1 is 1.14 bits per heavy atom. The summed E-state index contributed by atoms with van der Waals surface area (Å²) in [5, 5.41) is 22.7. The third-order valence-corrected chi connectivity index (χ3v) is 7.81. The Balaban J connectivity index is 1.40. The van der Waals surface area contributed by atoms with Crippen LogP contribution in [0, 0.1) is 6.92 Å². The number of phenols is 1. The number of benzene rings is 2. The minimum Gasteiger partial charge on any atom is -0.508 e. The molecule has 176 valence electrons. The number of carbonyl (C=O) groups excluding carboxylic acids is 1. The van der Waals surface area contributed by atoms with Gasteiger partial charge in [-0.3, -0.25) is 9.56 Å². The van der Waals surface area contributed by atoms with Crippen molar-refractivity contribution in [2.45, 2.75) is 26.4 Å². The molecule has 6 rings (SSSR count). The number of amides is 2. The van der Waals surface area contributed by atoms with E-state index in [1.165, 1.54) is 5.56 Å². The first-order valence-corrected chi connectivity index (χ1v) is 12.4. The summed E-state index contributed by atoms with van der Waals surface area (Å²) < 4.78 is 2.08. The summed E-state index contributed by atoms with van der Waals surface area (Å²) in [6.45, 7) is 3.42. The quantitative estimate of drug-likeness (QED) is 0.378. The topological polar surface area (TPSA) is 95.6 Å². The minimum atomic E-state index is -0.175. The van der Waals surface area contributed by atoms with E-state index in [4.69, 9.17) is 16.6 Å². The molecule has 0 unspecified atom stereocenters. The highest BCUT2D eigenvalue weighted by Crippen LogP contribution is 2.40. The van der Waals surface area contributed by atoms with Crippen LogP contribution in [0.5, 0.6) is 5.75 Å². The Morgan fingerprint density at radius 3 is 2.74 bits per heavy atom. The first kappa shape index (κ1) is 21.8. The van der Waals surface area contributed by atoms with Gasteiger partial charge in [0.2, 0.25) is 0 Å². The molecule has 0 radical (unpaired) electrons. The average molecular weight is 505 g/mol. The fourth-order valence-corrected chi connectivity index (χ4v) is 6.24.